The third kappa shape index (κ3) is 17.8. The van der Waals surface area contributed by atoms with E-state index in [1.807, 2.05) is 0 Å². The van der Waals surface area contributed by atoms with E-state index in [0.717, 1.165) is 38.0 Å². The monoisotopic (exact) mass is 370 g/mol. The lowest BCUT2D eigenvalue weighted by molar-refractivity contribution is -0.158. The summed E-state index contributed by atoms with van der Waals surface area (Å²) >= 11 is 0. The van der Waals surface area contributed by atoms with Crippen LogP contribution >= 0.6 is 0 Å². The van der Waals surface area contributed by atoms with Crippen molar-refractivity contribution in [2.75, 3.05) is 6.61 Å². The predicted octanol–water partition coefficient (Wildman–Crippen LogP) is 6.21. The molecule has 0 fully saturated rings. The van der Waals surface area contributed by atoms with E-state index in [2.05, 4.69) is 20.8 Å². The summed E-state index contributed by atoms with van der Waals surface area (Å²) in [5, 5.41) is 0. The number of esters is 2. The molecule has 0 amide bonds. The molecular weight excluding hydrogens is 328 g/mol. The highest BCUT2D eigenvalue weighted by atomic mass is 16.6. The second-order valence-electron chi connectivity index (χ2n) is 7.85. The van der Waals surface area contributed by atoms with Gasteiger partial charge in [0.15, 0.2) is 0 Å². The van der Waals surface area contributed by atoms with E-state index in [4.69, 9.17) is 9.47 Å². The summed E-state index contributed by atoms with van der Waals surface area (Å²) in [6, 6.07) is 0. The summed E-state index contributed by atoms with van der Waals surface area (Å²) in [6.07, 6.45) is 13.1. The summed E-state index contributed by atoms with van der Waals surface area (Å²) in [5.41, 5.74) is 0. The van der Waals surface area contributed by atoms with E-state index in [1.165, 1.54) is 38.5 Å². The molecule has 1 unspecified atom stereocenters. The summed E-state index contributed by atoms with van der Waals surface area (Å²) in [5.74, 6) is 0.345. The van der Waals surface area contributed by atoms with Gasteiger partial charge in [-0.25, -0.2) is 0 Å². The van der Waals surface area contributed by atoms with Gasteiger partial charge in [-0.1, -0.05) is 78.6 Å². The zero-order chi connectivity index (χ0) is 19.6. The van der Waals surface area contributed by atoms with E-state index in [9.17, 15) is 9.59 Å². The quantitative estimate of drug-likeness (QED) is 0.226. The summed E-state index contributed by atoms with van der Waals surface area (Å²) in [6.45, 7) is 8.57. The molecule has 0 aliphatic carbocycles. The zero-order valence-electron chi connectivity index (χ0n) is 17.7. The Balaban J connectivity index is 3.54. The number of rotatable bonds is 17. The lowest BCUT2D eigenvalue weighted by Crippen LogP contribution is -2.22. The first-order chi connectivity index (χ1) is 12.5. The molecule has 4 heteroatoms. The van der Waals surface area contributed by atoms with E-state index >= 15 is 0 Å². The van der Waals surface area contributed by atoms with Gasteiger partial charge in [0.25, 0.3) is 0 Å². The molecule has 0 rings (SSSR count). The fourth-order valence-electron chi connectivity index (χ4n) is 2.82. The van der Waals surface area contributed by atoms with Gasteiger partial charge in [-0.3, -0.25) is 9.59 Å². The molecule has 0 aromatic heterocycles. The molecule has 0 bridgehead atoms. The van der Waals surface area contributed by atoms with Crippen molar-refractivity contribution in [3.05, 3.63) is 0 Å². The third-order valence-corrected chi connectivity index (χ3v) is 4.46. The second kappa shape index (κ2) is 17.4. The molecule has 0 aliphatic heterocycles. The maximum atomic E-state index is 11.8. The SMILES string of the molecule is CCCCCCCCCC(=O)OCC(C)OC(=O)CCCCCC(C)C. The van der Waals surface area contributed by atoms with Crippen LogP contribution in [0.5, 0.6) is 0 Å². The van der Waals surface area contributed by atoms with Crippen LogP contribution in [0.2, 0.25) is 0 Å². The molecule has 0 saturated carbocycles. The van der Waals surface area contributed by atoms with Crippen molar-refractivity contribution in [2.45, 2.75) is 117 Å². The largest absolute Gasteiger partial charge is 0.462 e. The molecule has 0 aromatic rings. The second-order valence-corrected chi connectivity index (χ2v) is 7.85. The smallest absolute Gasteiger partial charge is 0.306 e. The fourth-order valence-corrected chi connectivity index (χ4v) is 2.82. The topological polar surface area (TPSA) is 52.6 Å². The number of carbonyl (C=O) groups excluding carboxylic acids is 2. The van der Waals surface area contributed by atoms with Gasteiger partial charge in [-0.2, -0.15) is 0 Å². The molecular formula is C22H42O4. The van der Waals surface area contributed by atoms with Crippen LogP contribution in [0.1, 0.15) is 111 Å². The van der Waals surface area contributed by atoms with Crippen molar-refractivity contribution in [3.63, 3.8) is 0 Å². The van der Waals surface area contributed by atoms with Crippen molar-refractivity contribution in [1.29, 1.82) is 0 Å². The van der Waals surface area contributed by atoms with Crippen molar-refractivity contribution in [1.82, 2.24) is 0 Å². The Kier molecular flexibility index (Phi) is 16.7. The highest BCUT2D eigenvalue weighted by molar-refractivity contribution is 5.70. The number of ether oxygens (including phenoxy) is 2. The van der Waals surface area contributed by atoms with Crippen LogP contribution in [0, 0.1) is 5.92 Å². The zero-order valence-corrected chi connectivity index (χ0v) is 17.7. The maximum absolute atomic E-state index is 11.8. The molecule has 4 nitrogen and oxygen atoms in total. The van der Waals surface area contributed by atoms with Crippen LogP contribution in [0.3, 0.4) is 0 Å². The van der Waals surface area contributed by atoms with Gasteiger partial charge < -0.3 is 9.47 Å². The van der Waals surface area contributed by atoms with Crippen LogP contribution in [0.4, 0.5) is 0 Å². The summed E-state index contributed by atoms with van der Waals surface area (Å²) in [4.78, 5) is 23.5. The van der Waals surface area contributed by atoms with Gasteiger partial charge in [0.05, 0.1) is 0 Å². The van der Waals surface area contributed by atoms with Gasteiger partial charge >= 0.3 is 11.9 Å². The Bertz CT molecular complexity index is 352. The van der Waals surface area contributed by atoms with Gasteiger partial charge in [0, 0.05) is 12.8 Å². The Labute approximate surface area is 161 Å². The van der Waals surface area contributed by atoms with Crippen LogP contribution in [0.15, 0.2) is 0 Å². The number of unbranched alkanes of at least 4 members (excludes halogenated alkanes) is 8. The van der Waals surface area contributed by atoms with Crippen LogP contribution in [0.25, 0.3) is 0 Å². The maximum Gasteiger partial charge on any atom is 0.306 e. The Morgan fingerprint density at radius 2 is 1.27 bits per heavy atom. The van der Waals surface area contributed by atoms with Crippen LogP contribution in [-0.2, 0) is 19.1 Å². The predicted molar refractivity (Wildman–Crippen MR) is 107 cm³/mol. The van der Waals surface area contributed by atoms with E-state index in [0.29, 0.717) is 12.8 Å². The van der Waals surface area contributed by atoms with E-state index in [1.54, 1.807) is 6.92 Å². The van der Waals surface area contributed by atoms with E-state index < -0.39 is 0 Å². The first-order valence-electron chi connectivity index (χ1n) is 10.8. The van der Waals surface area contributed by atoms with Gasteiger partial charge in [0.1, 0.15) is 12.7 Å². The highest BCUT2D eigenvalue weighted by Gasteiger charge is 2.12. The molecule has 0 saturated heterocycles. The van der Waals surface area contributed by atoms with Crippen molar-refractivity contribution < 1.29 is 19.1 Å². The number of carbonyl (C=O) groups is 2. The lowest BCUT2D eigenvalue weighted by Gasteiger charge is -2.13. The number of hydrogen-bond acceptors (Lipinski definition) is 4. The van der Waals surface area contributed by atoms with Crippen molar-refractivity contribution in [3.8, 4) is 0 Å². The summed E-state index contributed by atoms with van der Waals surface area (Å²) in [7, 11) is 0. The fraction of sp³-hybridized carbons (Fsp3) is 0.909. The lowest BCUT2D eigenvalue weighted by atomic mass is 10.0. The first-order valence-corrected chi connectivity index (χ1v) is 10.8. The first kappa shape index (κ1) is 24.9. The minimum absolute atomic E-state index is 0.161. The Morgan fingerprint density at radius 3 is 1.88 bits per heavy atom. The average Bonchev–Trinajstić information content (AvgIpc) is 2.58. The van der Waals surface area contributed by atoms with Gasteiger partial charge in [0.2, 0.25) is 0 Å². The number of hydrogen-bond donors (Lipinski definition) is 0. The Morgan fingerprint density at radius 1 is 0.731 bits per heavy atom. The summed E-state index contributed by atoms with van der Waals surface area (Å²) < 4.78 is 10.5. The molecule has 0 heterocycles. The van der Waals surface area contributed by atoms with Gasteiger partial charge in [-0.05, 0) is 25.7 Å². The van der Waals surface area contributed by atoms with Gasteiger partial charge in [-0.15, -0.1) is 0 Å². The van der Waals surface area contributed by atoms with E-state index in [-0.39, 0.29) is 24.6 Å². The van der Waals surface area contributed by atoms with Crippen LogP contribution < -0.4 is 0 Å². The molecule has 0 aromatic carbocycles. The van der Waals surface area contributed by atoms with Crippen molar-refractivity contribution >= 4 is 11.9 Å². The molecule has 0 N–H and O–H groups in total. The Hall–Kier alpha value is -1.06. The molecule has 154 valence electrons. The molecule has 0 radical (unpaired) electrons. The third-order valence-electron chi connectivity index (χ3n) is 4.46. The minimum atomic E-state index is -0.365. The average molecular weight is 371 g/mol. The van der Waals surface area contributed by atoms with Crippen LogP contribution in [-0.4, -0.2) is 24.6 Å². The molecule has 1 atom stereocenters. The molecule has 0 aliphatic rings. The molecule has 0 spiro atoms. The highest BCUT2D eigenvalue weighted by Crippen LogP contribution is 2.11. The molecule has 26 heavy (non-hydrogen) atoms. The normalized spacial score (nSPS) is 12.2. The van der Waals surface area contributed by atoms with Crippen molar-refractivity contribution in [2.24, 2.45) is 5.92 Å². The standard InChI is InChI=1S/C22H42O4/c1-5-6-7-8-9-10-13-16-21(23)25-18-20(4)26-22(24)17-14-11-12-15-19(2)3/h19-20H,5-18H2,1-4H3. The minimum Gasteiger partial charge on any atom is -0.462 e.